The average Bonchev–Trinajstić information content (AvgIpc) is 2.57. The lowest BCUT2D eigenvalue weighted by Crippen LogP contribution is -2.35. The molecule has 3 nitrogen and oxygen atoms in total. The summed E-state index contributed by atoms with van der Waals surface area (Å²) in [7, 11) is 1.37. The Morgan fingerprint density at radius 3 is 2.00 bits per heavy atom. The topological polar surface area (TPSA) is 43.4 Å². The van der Waals surface area contributed by atoms with Gasteiger partial charge in [-0.2, -0.15) is 0 Å². The third-order valence-electron chi connectivity index (χ3n) is 3.70. The van der Waals surface area contributed by atoms with Gasteiger partial charge in [0.2, 0.25) is 0 Å². The minimum absolute atomic E-state index is 0.0451. The maximum absolute atomic E-state index is 12.2. The van der Waals surface area contributed by atoms with Crippen LogP contribution in [0.2, 0.25) is 0 Å². The molecule has 1 aliphatic rings. The quantitative estimate of drug-likeness (QED) is 0.431. The van der Waals surface area contributed by atoms with Crippen molar-refractivity contribution in [1.29, 1.82) is 0 Å². The zero-order valence-electron chi connectivity index (χ0n) is 11.2. The lowest BCUT2D eigenvalue weighted by molar-refractivity contribution is -0.153. The summed E-state index contributed by atoms with van der Waals surface area (Å²) in [5.41, 5.74) is 0. The maximum Gasteiger partial charge on any atom is 0.316 e. The van der Waals surface area contributed by atoms with Crippen LogP contribution in [0.3, 0.4) is 0 Å². The van der Waals surface area contributed by atoms with Gasteiger partial charge in [-0.1, -0.05) is 39.5 Å². The van der Waals surface area contributed by atoms with Crippen molar-refractivity contribution in [3.05, 3.63) is 0 Å². The molecule has 0 radical (unpaired) electrons. The minimum Gasteiger partial charge on any atom is -0.468 e. The molecule has 0 spiro atoms. The van der Waals surface area contributed by atoms with Crippen molar-refractivity contribution >= 4 is 11.8 Å². The van der Waals surface area contributed by atoms with Gasteiger partial charge in [-0.15, -0.1) is 0 Å². The summed E-state index contributed by atoms with van der Waals surface area (Å²) in [4.78, 5) is 24.0. The molecule has 0 amide bonds. The molecule has 1 unspecified atom stereocenters. The number of rotatable bonds is 4. The summed E-state index contributed by atoms with van der Waals surface area (Å²) in [5, 5.41) is 0. The standard InChI is InChI=1S/C14H24O3/c1-10(2)13(15)12(14(16)17-3)11-8-6-4-5-7-9-11/h10-12H,4-9H2,1-3H3. The Balaban J connectivity index is 2.80. The predicted molar refractivity (Wildman–Crippen MR) is 66.5 cm³/mol. The molecule has 3 heteroatoms. The van der Waals surface area contributed by atoms with E-state index in [1.807, 2.05) is 13.8 Å². The number of ketones is 1. The van der Waals surface area contributed by atoms with Crippen molar-refractivity contribution < 1.29 is 14.3 Å². The van der Waals surface area contributed by atoms with Crippen molar-refractivity contribution in [2.75, 3.05) is 7.11 Å². The molecule has 0 bridgehead atoms. The Labute approximate surface area is 104 Å². The van der Waals surface area contributed by atoms with Crippen molar-refractivity contribution in [3.63, 3.8) is 0 Å². The zero-order valence-corrected chi connectivity index (χ0v) is 11.2. The fourth-order valence-corrected chi connectivity index (χ4v) is 2.67. The normalized spacial score (nSPS) is 19.8. The van der Waals surface area contributed by atoms with Crippen LogP contribution in [0, 0.1) is 17.8 Å². The summed E-state index contributed by atoms with van der Waals surface area (Å²) >= 11 is 0. The van der Waals surface area contributed by atoms with Gasteiger partial charge in [0.15, 0.2) is 0 Å². The summed E-state index contributed by atoms with van der Waals surface area (Å²) in [6, 6.07) is 0. The first kappa shape index (κ1) is 14.2. The molecule has 1 aliphatic carbocycles. The van der Waals surface area contributed by atoms with Crippen LogP contribution in [0.4, 0.5) is 0 Å². The summed E-state index contributed by atoms with van der Waals surface area (Å²) < 4.78 is 4.82. The van der Waals surface area contributed by atoms with Crippen molar-refractivity contribution in [1.82, 2.24) is 0 Å². The third-order valence-corrected chi connectivity index (χ3v) is 3.70. The fourth-order valence-electron chi connectivity index (χ4n) is 2.67. The molecule has 0 heterocycles. The minimum atomic E-state index is -0.530. The number of carbonyl (C=O) groups is 2. The molecule has 1 rings (SSSR count). The van der Waals surface area contributed by atoms with Crippen molar-refractivity contribution in [2.24, 2.45) is 17.8 Å². The maximum atomic E-state index is 12.2. The summed E-state index contributed by atoms with van der Waals surface area (Å²) in [6.07, 6.45) is 6.67. The lowest BCUT2D eigenvalue weighted by Gasteiger charge is -2.24. The van der Waals surface area contributed by atoms with Gasteiger partial charge in [0, 0.05) is 5.92 Å². The van der Waals surface area contributed by atoms with Gasteiger partial charge in [0.05, 0.1) is 7.11 Å². The molecule has 0 N–H and O–H groups in total. The van der Waals surface area contributed by atoms with Crippen LogP contribution in [0.15, 0.2) is 0 Å². The van der Waals surface area contributed by atoms with Crippen LogP contribution in [0.5, 0.6) is 0 Å². The molecule has 1 atom stereocenters. The van der Waals surface area contributed by atoms with E-state index in [4.69, 9.17) is 4.74 Å². The van der Waals surface area contributed by atoms with E-state index >= 15 is 0 Å². The molecular formula is C14H24O3. The molecule has 98 valence electrons. The van der Waals surface area contributed by atoms with Crippen LogP contribution in [0.1, 0.15) is 52.4 Å². The molecule has 17 heavy (non-hydrogen) atoms. The molecular weight excluding hydrogens is 216 g/mol. The first-order valence-electron chi connectivity index (χ1n) is 6.69. The molecule has 0 saturated heterocycles. The number of methoxy groups -OCH3 is 1. The first-order chi connectivity index (χ1) is 8.07. The van der Waals surface area contributed by atoms with Crippen LogP contribution < -0.4 is 0 Å². The van der Waals surface area contributed by atoms with E-state index in [1.54, 1.807) is 0 Å². The van der Waals surface area contributed by atoms with Gasteiger partial charge in [-0.3, -0.25) is 9.59 Å². The fraction of sp³-hybridized carbons (Fsp3) is 0.857. The van der Waals surface area contributed by atoms with Crippen molar-refractivity contribution in [3.8, 4) is 0 Å². The van der Waals surface area contributed by atoms with E-state index in [2.05, 4.69) is 0 Å². The molecule has 0 aromatic heterocycles. The second kappa shape index (κ2) is 6.77. The molecule has 0 aromatic carbocycles. The Hall–Kier alpha value is -0.860. The zero-order chi connectivity index (χ0) is 12.8. The molecule has 0 aromatic rings. The van der Waals surface area contributed by atoms with Gasteiger partial charge in [-0.25, -0.2) is 0 Å². The van der Waals surface area contributed by atoms with E-state index in [0.717, 1.165) is 25.7 Å². The Morgan fingerprint density at radius 2 is 1.59 bits per heavy atom. The number of carbonyl (C=O) groups excluding carboxylic acids is 2. The largest absolute Gasteiger partial charge is 0.468 e. The van der Waals surface area contributed by atoms with Crippen LogP contribution in [0.25, 0.3) is 0 Å². The van der Waals surface area contributed by atoms with Gasteiger partial charge < -0.3 is 4.74 Å². The van der Waals surface area contributed by atoms with E-state index in [-0.39, 0.29) is 23.6 Å². The highest BCUT2D eigenvalue weighted by Gasteiger charge is 2.36. The van der Waals surface area contributed by atoms with E-state index in [9.17, 15) is 9.59 Å². The number of hydrogen-bond donors (Lipinski definition) is 0. The number of esters is 1. The van der Waals surface area contributed by atoms with Gasteiger partial charge in [0.1, 0.15) is 11.7 Å². The van der Waals surface area contributed by atoms with E-state index < -0.39 is 5.92 Å². The first-order valence-corrected chi connectivity index (χ1v) is 6.69. The van der Waals surface area contributed by atoms with E-state index in [1.165, 1.54) is 20.0 Å². The SMILES string of the molecule is COC(=O)C(C(=O)C(C)C)C1CCCCCC1. The van der Waals surface area contributed by atoms with Gasteiger partial charge in [-0.05, 0) is 18.8 Å². The number of Topliss-reactive ketones (excluding diaryl/α,β-unsaturated/α-hetero) is 1. The summed E-state index contributed by atoms with van der Waals surface area (Å²) in [6.45, 7) is 3.71. The third kappa shape index (κ3) is 3.83. The number of ether oxygens (including phenoxy) is 1. The second-order valence-electron chi connectivity index (χ2n) is 5.31. The molecule has 1 saturated carbocycles. The van der Waals surface area contributed by atoms with Crippen LogP contribution >= 0.6 is 0 Å². The highest BCUT2D eigenvalue weighted by Crippen LogP contribution is 2.31. The van der Waals surface area contributed by atoms with E-state index in [0.29, 0.717) is 0 Å². The monoisotopic (exact) mass is 240 g/mol. The Kier molecular flexibility index (Phi) is 5.66. The Bertz CT molecular complexity index is 263. The van der Waals surface area contributed by atoms with Gasteiger partial charge >= 0.3 is 5.97 Å². The highest BCUT2D eigenvalue weighted by atomic mass is 16.5. The predicted octanol–water partition coefficient (Wildman–Crippen LogP) is 2.97. The van der Waals surface area contributed by atoms with Gasteiger partial charge in [0.25, 0.3) is 0 Å². The van der Waals surface area contributed by atoms with Crippen LogP contribution in [-0.2, 0) is 14.3 Å². The average molecular weight is 240 g/mol. The van der Waals surface area contributed by atoms with Crippen molar-refractivity contribution in [2.45, 2.75) is 52.4 Å². The Morgan fingerprint density at radius 1 is 1.06 bits per heavy atom. The molecule has 1 fully saturated rings. The van der Waals surface area contributed by atoms with Crippen LogP contribution in [-0.4, -0.2) is 18.9 Å². The second-order valence-corrected chi connectivity index (χ2v) is 5.31. The smallest absolute Gasteiger partial charge is 0.316 e. The summed E-state index contributed by atoms with van der Waals surface area (Å²) in [5.74, 6) is -0.723. The number of hydrogen-bond acceptors (Lipinski definition) is 3. The molecule has 0 aliphatic heterocycles. The lowest BCUT2D eigenvalue weighted by atomic mass is 9.80. The highest BCUT2D eigenvalue weighted by molar-refractivity contribution is 6.00.